The second kappa shape index (κ2) is 18.8. The van der Waals surface area contributed by atoms with Crippen molar-refractivity contribution in [1.82, 2.24) is 0 Å². The van der Waals surface area contributed by atoms with Crippen molar-refractivity contribution in [2.45, 2.75) is 81.1 Å². The average molecular weight is 823 g/mol. The van der Waals surface area contributed by atoms with E-state index in [2.05, 4.69) is 234 Å². The molecule has 0 heterocycles. The summed E-state index contributed by atoms with van der Waals surface area (Å²) < 4.78 is 0. The van der Waals surface area contributed by atoms with Crippen LogP contribution < -0.4 is 9.80 Å². The first-order valence-electron chi connectivity index (χ1n) is 23.1. The van der Waals surface area contributed by atoms with Crippen LogP contribution in [0.2, 0.25) is 0 Å². The Morgan fingerprint density at radius 2 is 1.27 bits per heavy atom. The molecule has 0 aliphatic heterocycles. The maximum absolute atomic E-state index is 2.52. The van der Waals surface area contributed by atoms with E-state index in [4.69, 9.17) is 0 Å². The molecule has 0 fully saturated rings. The lowest BCUT2D eigenvalue weighted by atomic mass is 9.88. The summed E-state index contributed by atoms with van der Waals surface area (Å²) in [4.78, 5) is 5.04. The van der Waals surface area contributed by atoms with E-state index < -0.39 is 0 Å². The second-order valence-corrected chi connectivity index (χ2v) is 17.1. The van der Waals surface area contributed by atoms with Crippen LogP contribution in [0, 0.1) is 19.8 Å². The van der Waals surface area contributed by atoms with Gasteiger partial charge in [0.25, 0.3) is 0 Å². The molecule has 1 aliphatic carbocycles. The Kier molecular flexibility index (Phi) is 12.8. The van der Waals surface area contributed by atoms with Crippen LogP contribution in [-0.4, -0.2) is 0 Å². The van der Waals surface area contributed by atoms with Crippen LogP contribution in [0.15, 0.2) is 182 Å². The van der Waals surface area contributed by atoms with Crippen molar-refractivity contribution in [3.63, 3.8) is 0 Å². The summed E-state index contributed by atoms with van der Waals surface area (Å²) in [5.74, 6) is 0.975. The van der Waals surface area contributed by atoms with Crippen LogP contribution in [0.3, 0.4) is 0 Å². The van der Waals surface area contributed by atoms with Crippen LogP contribution in [0.25, 0.3) is 49.0 Å². The lowest BCUT2D eigenvalue weighted by Gasteiger charge is -2.34. The van der Waals surface area contributed by atoms with Crippen LogP contribution in [0.4, 0.5) is 28.4 Å². The maximum atomic E-state index is 2.52. The summed E-state index contributed by atoms with van der Waals surface area (Å²) in [6.45, 7) is 19.8. The van der Waals surface area contributed by atoms with E-state index in [9.17, 15) is 0 Å². The number of para-hydroxylation sites is 1. The standard InChI is InChI=1S/C59H56N2.C2H6/c1-8-10-19-50(9-2)60(54-36-45(28-24-41(54)6)43-17-13-11-14-18-43)56-38-57(53-33-31-48-35-49(39(3)4)34-47-30-32-52(56)59(53)58(47)48)61(51-20-15-12-16-21-51)55-37-46(29-25-42(55)7)44-26-22-40(5)23-27-44;1-2/h9-22,24-40H,8,23H2,1-7H3;1-2H3/b19-10-,50-9+;. The van der Waals surface area contributed by atoms with E-state index in [-0.39, 0.29) is 0 Å². The highest BCUT2D eigenvalue weighted by Crippen LogP contribution is 2.51. The fourth-order valence-corrected chi connectivity index (χ4v) is 9.17. The van der Waals surface area contributed by atoms with E-state index in [0.29, 0.717) is 11.8 Å². The van der Waals surface area contributed by atoms with Crippen LogP contribution in [0.1, 0.15) is 89.5 Å². The monoisotopic (exact) mass is 822 g/mol. The van der Waals surface area contributed by atoms with Crippen molar-refractivity contribution >= 4 is 66.3 Å². The first-order valence-corrected chi connectivity index (χ1v) is 23.1. The largest absolute Gasteiger partial charge is 0.310 e. The summed E-state index contributed by atoms with van der Waals surface area (Å²) in [6.07, 6.45) is 15.9. The number of anilines is 5. The van der Waals surface area contributed by atoms with Gasteiger partial charge in [-0.15, -0.1) is 0 Å². The van der Waals surface area contributed by atoms with Gasteiger partial charge < -0.3 is 9.80 Å². The highest BCUT2D eigenvalue weighted by atomic mass is 15.2. The molecule has 0 amide bonds. The molecule has 0 bridgehead atoms. The molecule has 0 saturated heterocycles. The molecule has 1 unspecified atom stereocenters. The van der Waals surface area contributed by atoms with Gasteiger partial charge in [-0.25, -0.2) is 0 Å². The fraction of sp³-hybridized carbons (Fsp3) is 0.213. The quantitative estimate of drug-likeness (QED) is 0.0947. The first-order chi connectivity index (χ1) is 30.7. The molecular weight excluding hydrogens is 761 g/mol. The molecule has 0 spiro atoms. The lowest BCUT2D eigenvalue weighted by molar-refractivity contribution is 0.739. The minimum Gasteiger partial charge on any atom is -0.310 e. The van der Waals surface area contributed by atoms with Crippen LogP contribution in [-0.2, 0) is 0 Å². The van der Waals surface area contributed by atoms with Gasteiger partial charge in [-0.3, -0.25) is 0 Å². The zero-order chi connectivity index (χ0) is 44.2. The average Bonchev–Trinajstić information content (AvgIpc) is 3.32. The number of hydrogen-bond donors (Lipinski definition) is 0. The van der Waals surface area contributed by atoms with Crippen molar-refractivity contribution in [1.29, 1.82) is 0 Å². The zero-order valence-corrected chi connectivity index (χ0v) is 38.7. The predicted octanol–water partition coefficient (Wildman–Crippen LogP) is 18.5. The van der Waals surface area contributed by atoms with Gasteiger partial charge in [0.2, 0.25) is 0 Å². The number of nitrogens with zero attached hydrogens (tertiary/aromatic N) is 2. The van der Waals surface area contributed by atoms with Gasteiger partial charge >= 0.3 is 0 Å². The smallest absolute Gasteiger partial charge is 0.0561 e. The summed E-state index contributed by atoms with van der Waals surface area (Å²) in [6, 6.07) is 52.4. The van der Waals surface area contributed by atoms with Gasteiger partial charge in [0.15, 0.2) is 0 Å². The molecule has 1 aliphatic rings. The van der Waals surface area contributed by atoms with E-state index in [1.54, 1.807) is 0 Å². The molecule has 2 nitrogen and oxygen atoms in total. The van der Waals surface area contributed by atoms with Crippen LogP contribution in [0.5, 0.6) is 0 Å². The Labute approximate surface area is 376 Å². The Hall–Kier alpha value is -6.64. The van der Waals surface area contributed by atoms with Crippen molar-refractivity contribution in [3.8, 4) is 11.1 Å². The van der Waals surface area contributed by atoms with Gasteiger partial charge in [-0.2, -0.15) is 0 Å². The third kappa shape index (κ3) is 8.35. The van der Waals surface area contributed by atoms with Crippen molar-refractivity contribution in [2.24, 2.45) is 5.92 Å². The SMILES string of the molecule is C/C=C(\C=C/CC)N(c1cc(-c2ccccc2)ccc1C)c1cc(N(c2ccccc2)c2cc(C3=CCC(C)C=C3)ccc2C)c2ccc3cc(C(C)C)cc4ccc1c2c43.CC. The van der Waals surface area contributed by atoms with Crippen molar-refractivity contribution in [2.75, 3.05) is 9.80 Å². The molecule has 9 rings (SSSR count). The normalized spacial score (nSPS) is 14.2. The zero-order valence-electron chi connectivity index (χ0n) is 38.7. The Morgan fingerprint density at radius 3 is 1.89 bits per heavy atom. The Bertz CT molecular complexity index is 2980. The molecule has 8 aromatic rings. The maximum Gasteiger partial charge on any atom is 0.0561 e. The second-order valence-electron chi connectivity index (χ2n) is 17.1. The third-order valence-electron chi connectivity index (χ3n) is 12.6. The van der Waals surface area contributed by atoms with E-state index in [1.807, 2.05) is 13.8 Å². The first kappa shape index (κ1) is 43.0. The van der Waals surface area contributed by atoms with Crippen molar-refractivity contribution < 1.29 is 0 Å². The molecule has 0 radical (unpaired) electrons. The molecule has 0 N–H and O–H groups in total. The summed E-state index contributed by atoms with van der Waals surface area (Å²) in [5, 5.41) is 7.62. The highest BCUT2D eigenvalue weighted by molar-refractivity contribution is 6.29. The topological polar surface area (TPSA) is 6.48 Å². The van der Waals surface area contributed by atoms with Gasteiger partial charge in [0, 0.05) is 38.9 Å². The van der Waals surface area contributed by atoms with E-state index in [1.165, 1.54) is 77.0 Å². The van der Waals surface area contributed by atoms with Gasteiger partial charge in [0.1, 0.15) is 0 Å². The number of allylic oxidation sites excluding steroid dienone is 7. The molecule has 316 valence electrons. The Balaban J connectivity index is 0.00000268. The van der Waals surface area contributed by atoms with Gasteiger partial charge in [-0.05, 0) is 137 Å². The molecular formula is C61H62N2. The van der Waals surface area contributed by atoms with E-state index >= 15 is 0 Å². The number of hydrogen-bond acceptors (Lipinski definition) is 2. The molecule has 0 aromatic heterocycles. The minimum atomic E-state index is 0.423. The van der Waals surface area contributed by atoms with Gasteiger partial charge in [-0.1, -0.05) is 181 Å². The number of rotatable bonds is 11. The van der Waals surface area contributed by atoms with E-state index in [0.717, 1.165) is 41.3 Å². The lowest BCUT2D eigenvalue weighted by Crippen LogP contribution is -2.19. The predicted molar refractivity (Wildman–Crippen MR) is 278 cm³/mol. The number of aryl methyl sites for hydroxylation is 2. The van der Waals surface area contributed by atoms with Gasteiger partial charge in [0.05, 0.1) is 11.4 Å². The van der Waals surface area contributed by atoms with Crippen molar-refractivity contribution in [3.05, 3.63) is 204 Å². The Morgan fingerprint density at radius 1 is 0.651 bits per heavy atom. The molecule has 1 atom stereocenters. The molecule has 2 heteroatoms. The highest BCUT2D eigenvalue weighted by Gasteiger charge is 2.27. The number of benzene rings is 8. The summed E-state index contributed by atoms with van der Waals surface area (Å²) in [7, 11) is 0. The molecule has 0 saturated carbocycles. The van der Waals surface area contributed by atoms with Crippen LogP contribution >= 0.6 is 0 Å². The molecule has 63 heavy (non-hydrogen) atoms. The molecule has 8 aromatic carbocycles. The summed E-state index contributed by atoms with van der Waals surface area (Å²) >= 11 is 0. The third-order valence-corrected chi connectivity index (χ3v) is 12.6. The summed E-state index contributed by atoms with van der Waals surface area (Å²) in [5.41, 5.74) is 15.6. The minimum absolute atomic E-state index is 0.423. The fourth-order valence-electron chi connectivity index (χ4n) is 9.17.